The van der Waals surface area contributed by atoms with Crippen LogP contribution in [0.1, 0.15) is 22.8 Å². The Bertz CT molecular complexity index is 1320. The average Bonchev–Trinajstić information content (AvgIpc) is 3.10. The molecule has 0 aliphatic carbocycles. The highest BCUT2D eigenvalue weighted by Gasteiger charge is 2.27. The SMILES string of the molecule is Cc1ccc(S(=O)(=O)N(Cc2nc3nc(C)cc(C)n3n2)c2ccc(F)cc2)cc1. The lowest BCUT2D eigenvalue weighted by molar-refractivity contribution is 0.588. The Morgan fingerprint density at radius 2 is 1.63 bits per heavy atom. The van der Waals surface area contributed by atoms with Crippen molar-refractivity contribution < 1.29 is 12.8 Å². The van der Waals surface area contributed by atoms with Crippen LogP contribution < -0.4 is 4.31 Å². The summed E-state index contributed by atoms with van der Waals surface area (Å²) in [7, 11) is -3.94. The van der Waals surface area contributed by atoms with Crippen LogP contribution in [0.25, 0.3) is 5.78 Å². The number of halogens is 1. The highest BCUT2D eigenvalue weighted by atomic mass is 32.2. The smallest absolute Gasteiger partial charge is 0.259 e. The molecule has 154 valence electrons. The molecule has 0 fully saturated rings. The van der Waals surface area contributed by atoms with E-state index in [0.29, 0.717) is 11.5 Å². The van der Waals surface area contributed by atoms with Crippen LogP contribution >= 0.6 is 0 Å². The maximum absolute atomic E-state index is 13.5. The van der Waals surface area contributed by atoms with Crippen molar-refractivity contribution in [2.75, 3.05) is 4.31 Å². The number of aromatic nitrogens is 4. The Balaban J connectivity index is 1.81. The molecule has 0 saturated heterocycles. The third kappa shape index (κ3) is 3.76. The summed E-state index contributed by atoms with van der Waals surface area (Å²) in [4.78, 5) is 8.88. The molecule has 9 heteroatoms. The molecular weight excluding hydrogens is 405 g/mol. The largest absolute Gasteiger partial charge is 0.264 e. The number of sulfonamides is 1. The van der Waals surface area contributed by atoms with Gasteiger partial charge in [-0.2, -0.15) is 4.98 Å². The first-order valence-electron chi connectivity index (χ1n) is 9.29. The van der Waals surface area contributed by atoms with Crippen LogP contribution in [0.3, 0.4) is 0 Å². The van der Waals surface area contributed by atoms with Crippen molar-refractivity contribution >= 4 is 21.5 Å². The van der Waals surface area contributed by atoms with Crippen molar-refractivity contribution in [3.05, 3.63) is 83.2 Å². The fourth-order valence-electron chi connectivity index (χ4n) is 3.16. The third-order valence-corrected chi connectivity index (χ3v) is 6.46. The van der Waals surface area contributed by atoms with Crippen molar-refractivity contribution in [1.29, 1.82) is 0 Å². The minimum absolute atomic E-state index is 0.121. The Labute approximate surface area is 173 Å². The van der Waals surface area contributed by atoms with Gasteiger partial charge in [-0.25, -0.2) is 22.3 Å². The first-order valence-corrected chi connectivity index (χ1v) is 10.7. The van der Waals surface area contributed by atoms with E-state index in [-0.39, 0.29) is 17.3 Å². The van der Waals surface area contributed by atoms with E-state index in [9.17, 15) is 12.8 Å². The quantitative estimate of drug-likeness (QED) is 0.488. The molecular formula is C21H20FN5O2S. The lowest BCUT2D eigenvalue weighted by atomic mass is 10.2. The summed E-state index contributed by atoms with van der Waals surface area (Å²) in [6, 6.07) is 13.7. The van der Waals surface area contributed by atoms with Crippen LogP contribution in [-0.4, -0.2) is 28.0 Å². The van der Waals surface area contributed by atoms with Crippen LogP contribution in [0.15, 0.2) is 59.5 Å². The fourth-order valence-corrected chi connectivity index (χ4v) is 4.58. The molecule has 0 amide bonds. The molecule has 4 rings (SSSR count). The molecule has 30 heavy (non-hydrogen) atoms. The zero-order valence-corrected chi connectivity index (χ0v) is 17.6. The van der Waals surface area contributed by atoms with Crippen LogP contribution in [0, 0.1) is 26.6 Å². The molecule has 2 aromatic heterocycles. The molecule has 4 aromatic rings. The highest BCUT2D eigenvalue weighted by Crippen LogP contribution is 2.26. The van der Waals surface area contributed by atoms with Crippen molar-refractivity contribution in [2.45, 2.75) is 32.2 Å². The molecule has 0 bridgehead atoms. The predicted octanol–water partition coefficient (Wildman–Crippen LogP) is 3.58. The summed E-state index contributed by atoms with van der Waals surface area (Å²) >= 11 is 0. The van der Waals surface area contributed by atoms with Crippen molar-refractivity contribution in [3.63, 3.8) is 0 Å². The number of hydrogen-bond acceptors (Lipinski definition) is 5. The first-order chi connectivity index (χ1) is 14.2. The molecule has 0 N–H and O–H groups in total. The first kappa shape index (κ1) is 20.0. The molecule has 0 radical (unpaired) electrons. The number of aryl methyl sites for hydroxylation is 3. The number of anilines is 1. The summed E-state index contributed by atoms with van der Waals surface area (Å²) < 4.78 is 43.1. The number of benzene rings is 2. The number of fused-ring (bicyclic) bond motifs is 1. The standard InChI is InChI=1S/C21H20FN5O2S/c1-14-4-10-19(11-5-14)30(28,29)26(18-8-6-17(22)7-9-18)13-20-24-21-23-15(2)12-16(3)27(21)25-20/h4-12H,13H2,1-3H3. The van der Waals surface area contributed by atoms with Gasteiger partial charge in [-0.1, -0.05) is 17.7 Å². The zero-order chi connectivity index (χ0) is 21.5. The molecule has 0 aliphatic rings. The second-order valence-corrected chi connectivity index (χ2v) is 8.94. The maximum Gasteiger partial charge on any atom is 0.264 e. The summed E-state index contributed by atoms with van der Waals surface area (Å²) in [5.74, 6) is 0.234. The van der Waals surface area contributed by atoms with Gasteiger partial charge in [0.05, 0.1) is 17.1 Å². The Morgan fingerprint density at radius 3 is 2.30 bits per heavy atom. The van der Waals surface area contributed by atoms with E-state index in [1.165, 1.54) is 28.6 Å². The van der Waals surface area contributed by atoms with Crippen LogP contribution in [-0.2, 0) is 16.6 Å². The van der Waals surface area contributed by atoms with Crippen LogP contribution in [0.5, 0.6) is 0 Å². The third-order valence-electron chi connectivity index (χ3n) is 4.67. The molecule has 0 saturated carbocycles. The highest BCUT2D eigenvalue weighted by molar-refractivity contribution is 7.92. The van der Waals surface area contributed by atoms with E-state index in [1.807, 2.05) is 26.8 Å². The topological polar surface area (TPSA) is 80.5 Å². The second-order valence-electron chi connectivity index (χ2n) is 7.08. The predicted molar refractivity (Wildman–Crippen MR) is 111 cm³/mol. The van der Waals surface area contributed by atoms with Crippen molar-refractivity contribution in [1.82, 2.24) is 19.6 Å². The normalized spacial score (nSPS) is 11.7. The summed E-state index contributed by atoms with van der Waals surface area (Å²) in [5.41, 5.74) is 2.89. The number of nitrogens with zero attached hydrogens (tertiary/aromatic N) is 5. The molecule has 7 nitrogen and oxygen atoms in total. The van der Waals surface area contributed by atoms with Gasteiger partial charge < -0.3 is 0 Å². The average molecular weight is 425 g/mol. The minimum atomic E-state index is -3.94. The Kier molecular flexibility index (Phi) is 4.98. The van der Waals surface area contributed by atoms with Crippen molar-refractivity contribution in [3.8, 4) is 0 Å². The molecule has 2 heterocycles. The van der Waals surface area contributed by atoms with Gasteiger partial charge in [0.2, 0.25) is 0 Å². The zero-order valence-electron chi connectivity index (χ0n) is 16.7. The van der Waals surface area contributed by atoms with Crippen LogP contribution in [0.2, 0.25) is 0 Å². The number of rotatable bonds is 5. The fraction of sp³-hybridized carbons (Fsp3) is 0.190. The van der Waals surface area contributed by atoms with Gasteiger partial charge >= 0.3 is 0 Å². The van der Waals surface area contributed by atoms with Gasteiger partial charge in [-0.3, -0.25) is 4.31 Å². The maximum atomic E-state index is 13.5. The van der Waals surface area contributed by atoms with Gasteiger partial charge in [-0.15, -0.1) is 5.10 Å². The monoisotopic (exact) mass is 425 g/mol. The number of hydrogen-bond donors (Lipinski definition) is 0. The van der Waals surface area contributed by atoms with Gasteiger partial charge in [-0.05, 0) is 63.2 Å². The van der Waals surface area contributed by atoms with E-state index in [2.05, 4.69) is 15.1 Å². The lowest BCUT2D eigenvalue weighted by Crippen LogP contribution is -2.31. The van der Waals surface area contributed by atoms with Crippen LogP contribution in [0.4, 0.5) is 10.1 Å². The van der Waals surface area contributed by atoms with E-state index in [1.54, 1.807) is 28.8 Å². The molecule has 0 atom stereocenters. The molecule has 0 unspecified atom stereocenters. The van der Waals surface area contributed by atoms with Gasteiger partial charge in [0.1, 0.15) is 5.82 Å². The minimum Gasteiger partial charge on any atom is -0.259 e. The van der Waals surface area contributed by atoms with Crippen molar-refractivity contribution in [2.24, 2.45) is 0 Å². The van der Waals surface area contributed by atoms with Gasteiger partial charge in [0, 0.05) is 11.4 Å². The van der Waals surface area contributed by atoms with Gasteiger partial charge in [0.15, 0.2) is 5.82 Å². The van der Waals surface area contributed by atoms with E-state index < -0.39 is 15.8 Å². The molecule has 0 spiro atoms. The summed E-state index contributed by atoms with van der Waals surface area (Å²) in [6.45, 7) is 5.49. The summed E-state index contributed by atoms with van der Waals surface area (Å²) in [6.07, 6.45) is 0. The van der Waals surface area contributed by atoms with E-state index in [0.717, 1.165) is 17.0 Å². The molecule has 0 aliphatic heterocycles. The Morgan fingerprint density at radius 1 is 0.967 bits per heavy atom. The van der Waals surface area contributed by atoms with E-state index in [4.69, 9.17) is 0 Å². The summed E-state index contributed by atoms with van der Waals surface area (Å²) in [5, 5.41) is 4.42. The van der Waals surface area contributed by atoms with E-state index >= 15 is 0 Å². The Hall–Kier alpha value is -3.33. The van der Waals surface area contributed by atoms with Gasteiger partial charge in [0.25, 0.3) is 15.8 Å². The second kappa shape index (κ2) is 7.49. The molecule has 2 aromatic carbocycles. The lowest BCUT2D eigenvalue weighted by Gasteiger charge is -2.23.